The number of ketones is 1. The normalized spacial score (nSPS) is 34.5. The van der Waals surface area contributed by atoms with Crippen molar-refractivity contribution < 1.29 is 9.18 Å². The van der Waals surface area contributed by atoms with Gasteiger partial charge in [-0.3, -0.25) is 9.69 Å². The molecule has 0 radical (unpaired) electrons. The summed E-state index contributed by atoms with van der Waals surface area (Å²) < 4.78 is 13.1. The molecule has 0 amide bonds. The Kier molecular flexibility index (Phi) is 3.17. The highest BCUT2D eigenvalue weighted by molar-refractivity contribution is 5.80. The Morgan fingerprint density at radius 2 is 1.95 bits per heavy atom. The zero-order valence-electron chi connectivity index (χ0n) is 11.5. The summed E-state index contributed by atoms with van der Waals surface area (Å²) in [4.78, 5) is 14.5. The van der Waals surface area contributed by atoms with Gasteiger partial charge in [0.2, 0.25) is 0 Å². The van der Waals surface area contributed by atoms with Crippen LogP contribution in [0.15, 0.2) is 24.3 Å². The van der Waals surface area contributed by atoms with E-state index in [2.05, 4.69) is 11.9 Å². The van der Waals surface area contributed by atoms with Gasteiger partial charge in [-0.2, -0.15) is 0 Å². The SMILES string of the molecule is CC(=O)[C@@H]1[C@@H](c2ccc(F)cc2)C[C@@H]2CC[C@H]1N2C. The first-order chi connectivity index (χ1) is 9.08. The van der Waals surface area contributed by atoms with Crippen LogP contribution in [0.3, 0.4) is 0 Å². The van der Waals surface area contributed by atoms with Gasteiger partial charge in [0.05, 0.1) is 0 Å². The number of rotatable bonds is 2. The van der Waals surface area contributed by atoms with Gasteiger partial charge in [-0.05, 0) is 56.8 Å². The molecule has 0 aliphatic carbocycles. The molecule has 102 valence electrons. The molecule has 4 atom stereocenters. The summed E-state index contributed by atoms with van der Waals surface area (Å²) in [6, 6.07) is 7.66. The van der Waals surface area contributed by atoms with Crippen LogP contribution >= 0.6 is 0 Å². The summed E-state index contributed by atoms with van der Waals surface area (Å²) in [6.45, 7) is 1.70. The van der Waals surface area contributed by atoms with Crippen molar-refractivity contribution in [2.75, 3.05) is 7.05 Å². The second-order valence-electron chi connectivity index (χ2n) is 5.99. The van der Waals surface area contributed by atoms with Crippen LogP contribution in [-0.4, -0.2) is 29.8 Å². The quantitative estimate of drug-likeness (QED) is 0.815. The minimum Gasteiger partial charge on any atom is -0.300 e. The van der Waals surface area contributed by atoms with E-state index >= 15 is 0 Å². The van der Waals surface area contributed by atoms with Gasteiger partial charge in [0.25, 0.3) is 0 Å². The largest absolute Gasteiger partial charge is 0.300 e. The van der Waals surface area contributed by atoms with Crippen molar-refractivity contribution in [2.45, 2.75) is 44.2 Å². The molecule has 2 heterocycles. The third kappa shape index (κ3) is 2.10. The van der Waals surface area contributed by atoms with Crippen molar-refractivity contribution in [3.63, 3.8) is 0 Å². The maximum absolute atomic E-state index is 13.1. The third-order valence-electron chi connectivity index (χ3n) is 5.04. The zero-order chi connectivity index (χ0) is 13.6. The lowest BCUT2D eigenvalue weighted by molar-refractivity contribution is -0.124. The lowest BCUT2D eigenvalue weighted by Gasteiger charge is -2.42. The van der Waals surface area contributed by atoms with Gasteiger partial charge in [-0.1, -0.05) is 12.1 Å². The molecule has 2 aliphatic heterocycles. The van der Waals surface area contributed by atoms with Gasteiger partial charge in [-0.15, -0.1) is 0 Å². The first-order valence-electron chi connectivity index (χ1n) is 7.06. The Balaban J connectivity index is 1.95. The summed E-state index contributed by atoms with van der Waals surface area (Å²) in [7, 11) is 2.14. The average molecular weight is 261 g/mol. The Labute approximate surface area is 113 Å². The molecule has 0 N–H and O–H groups in total. The van der Waals surface area contributed by atoms with Crippen LogP contribution in [0.5, 0.6) is 0 Å². The van der Waals surface area contributed by atoms with Crippen LogP contribution in [-0.2, 0) is 4.79 Å². The summed E-state index contributed by atoms with van der Waals surface area (Å²) in [5, 5.41) is 0. The predicted molar refractivity (Wildman–Crippen MR) is 72.5 cm³/mol. The van der Waals surface area contributed by atoms with E-state index in [4.69, 9.17) is 0 Å². The van der Waals surface area contributed by atoms with Crippen LogP contribution in [0, 0.1) is 11.7 Å². The molecule has 0 aromatic heterocycles. The van der Waals surface area contributed by atoms with E-state index in [1.54, 1.807) is 6.92 Å². The molecule has 3 heteroatoms. The smallest absolute Gasteiger partial charge is 0.135 e. The lowest BCUT2D eigenvalue weighted by Crippen LogP contribution is -2.48. The molecule has 2 fully saturated rings. The zero-order valence-corrected chi connectivity index (χ0v) is 11.5. The molecule has 0 spiro atoms. The van der Waals surface area contributed by atoms with Crippen LogP contribution in [0.1, 0.15) is 37.7 Å². The number of benzene rings is 1. The van der Waals surface area contributed by atoms with Crippen molar-refractivity contribution in [1.29, 1.82) is 0 Å². The van der Waals surface area contributed by atoms with Crippen LogP contribution < -0.4 is 0 Å². The molecule has 2 nitrogen and oxygen atoms in total. The number of carbonyl (C=O) groups is 1. The minimum atomic E-state index is -0.209. The Hall–Kier alpha value is -1.22. The minimum absolute atomic E-state index is 0.0641. The first kappa shape index (κ1) is 12.8. The summed E-state index contributed by atoms with van der Waals surface area (Å²) in [5.41, 5.74) is 1.12. The summed E-state index contributed by atoms with van der Waals surface area (Å²) in [5.74, 6) is 0.381. The average Bonchev–Trinajstić information content (AvgIpc) is 2.63. The molecule has 1 aromatic carbocycles. The molecular formula is C16H20FNO. The highest BCUT2D eigenvalue weighted by atomic mass is 19.1. The van der Waals surface area contributed by atoms with Gasteiger partial charge >= 0.3 is 0 Å². The number of hydrogen-bond donors (Lipinski definition) is 0. The van der Waals surface area contributed by atoms with Crippen molar-refractivity contribution in [2.24, 2.45) is 5.92 Å². The monoisotopic (exact) mass is 261 g/mol. The maximum Gasteiger partial charge on any atom is 0.135 e. The molecule has 1 aromatic rings. The number of halogens is 1. The molecule has 2 aliphatic rings. The van der Waals surface area contributed by atoms with E-state index in [1.165, 1.54) is 18.6 Å². The molecule has 2 bridgehead atoms. The Morgan fingerprint density at radius 3 is 2.58 bits per heavy atom. The highest BCUT2D eigenvalue weighted by Gasteiger charge is 2.47. The summed E-state index contributed by atoms with van der Waals surface area (Å²) >= 11 is 0. The van der Waals surface area contributed by atoms with E-state index < -0.39 is 0 Å². The van der Waals surface area contributed by atoms with Gasteiger partial charge in [0.1, 0.15) is 11.6 Å². The van der Waals surface area contributed by atoms with Crippen molar-refractivity contribution in [3.05, 3.63) is 35.6 Å². The Bertz CT molecular complexity index is 484. The fourth-order valence-electron chi connectivity index (χ4n) is 4.07. The fourth-order valence-corrected chi connectivity index (χ4v) is 4.07. The fraction of sp³-hybridized carbons (Fsp3) is 0.562. The standard InChI is InChI=1S/C16H20FNO/c1-10(19)16-14(11-3-5-12(17)6-4-11)9-13-7-8-15(16)18(13)2/h3-6,13-16H,7-9H2,1-2H3/t13-,14+,15+,16+/m0/s1. The predicted octanol–water partition coefficient (Wildman–Crippen LogP) is 2.98. The molecular weight excluding hydrogens is 241 g/mol. The van der Waals surface area contributed by atoms with E-state index in [-0.39, 0.29) is 23.4 Å². The van der Waals surface area contributed by atoms with Gasteiger partial charge in [-0.25, -0.2) is 4.39 Å². The number of Topliss-reactive ketones (excluding diaryl/α,β-unsaturated/α-hetero) is 1. The van der Waals surface area contributed by atoms with Crippen molar-refractivity contribution >= 4 is 5.78 Å². The van der Waals surface area contributed by atoms with Crippen molar-refractivity contribution in [3.8, 4) is 0 Å². The highest BCUT2D eigenvalue weighted by Crippen LogP contribution is 2.46. The van der Waals surface area contributed by atoms with Crippen LogP contribution in [0.25, 0.3) is 0 Å². The molecule has 19 heavy (non-hydrogen) atoms. The second-order valence-corrected chi connectivity index (χ2v) is 5.99. The number of fused-ring (bicyclic) bond motifs is 2. The molecule has 0 unspecified atom stereocenters. The number of piperidine rings is 1. The summed E-state index contributed by atoms with van der Waals surface area (Å²) in [6.07, 6.45) is 3.31. The lowest BCUT2D eigenvalue weighted by atomic mass is 9.74. The van der Waals surface area contributed by atoms with Crippen LogP contribution in [0.4, 0.5) is 4.39 Å². The van der Waals surface area contributed by atoms with E-state index in [0.29, 0.717) is 12.1 Å². The second kappa shape index (κ2) is 4.71. The molecule has 3 rings (SSSR count). The van der Waals surface area contributed by atoms with Gasteiger partial charge in [0, 0.05) is 18.0 Å². The number of nitrogens with zero attached hydrogens (tertiary/aromatic N) is 1. The topological polar surface area (TPSA) is 20.3 Å². The first-order valence-corrected chi connectivity index (χ1v) is 7.06. The van der Waals surface area contributed by atoms with E-state index in [0.717, 1.165) is 18.4 Å². The molecule has 2 saturated heterocycles. The van der Waals surface area contributed by atoms with Crippen molar-refractivity contribution in [1.82, 2.24) is 4.90 Å². The third-order valence-corrected chi connectivity index (χ3v) is 5.04. The van der Waals surface area contributed by atoms with Gasteiger partial charge < -0.3 is 0 Å². The maximum atomic E-state index is 13.1. The van der Waals surface area contributed by atoms with Crippen LogP contribution in [0.2, 0.25) is 0 Å². The number of hydrogen-bond acceptors (Lipinski definition) is 2. The van der Waals surface area contributed by atoms with Gasteiger partial charge in [0.15, 0.2) is 0 Å². The van der Waals surface area contributed by atoms with E-state index in [1.807, 2.05) is 12.1 Å². The molecule has 0 saturated carbocycles. The number of carbonyl (C=O) groups excluding carboxylic acids is 1. The van der Waals surface area contributed by atoms with E-state index in [9.17, 15) is 9.18 Å². The Morgan fingerprint density at radius 1 is 1.26 bits per heavy atom.